The van der Waals surface area contributed by atoms with Crippen LogP contribution in [0.3, 0.4) is 0 Å². The largest absolute Gasteiger partial charge is 0.396 e. The molecule has 0 amide bonds. The van der Waals surface area contributed by atoms with Crippen molar-refractivity contribution in [1.82, 2.24) is 4.90 Å². The number of hydrogen-bond acceptors (Lipinski definition) is 2. The fourth-order valence-electron chi connectivity index (χ4n) is 1.96. The van der Waals surface area contributed by atoms with Crippen molar-refractivity contribution < 1.29 is 5.11 Å². The van der Waals surface area contributed by atoms with E-state index in [0.717, 1.165) is 12.5 Å². The SMILES string of the molecule is CC(C)C(C)(C)CN1CCC(CO)C1. The molecule has 0 aliphatic carbocycles. The summed E-state index contributed by atoms with van der Waals surface area (Å²) in [5.74, 6) is 1.24. The zero-order chi connectivity index (χ0) is 10.8. The van der Waals surface area contributed by atoms with Crippen molar-refractivity contribution in [3.8, 4) is 0 Å². The highest BCUT2D eigenvalue weighted by Crippen LogP contribution is 2.29. The van der Waals surface area contributed by atoms with Gasteiger partial charge >= 0.3 is 0 Å². The lowest BCUT2D eigenvalue weighted by molar-refractivity contribution is 0.145. The molecule has 0 saturated carbocycles. The first-order chi connectivity index (χ1) is 6.45. The van der Waals surface area contributed by atoms with Crippen LogP contribution in [0.2, 0.25) is 0 Å². The third-order valence-electron chi connectivity index (χ3n) is 3.82. The van der Waals surface area contributed by atoms with Gasteiger partial charge in [-0.3, -0.25) is 0 Å². The summed E-state index contributed by atoms with van der Waals surface area (Å²) in [6, 6.07) is 0. The van der Waals surface area contributed by atoms with Gasteiger partial charge in [0.05, 0.1) is 0 Å². The molecule has 1 aliphatic rings. The van der Waals surface area contributed by atoms with Crippen molar-refractivity contribution >= 4 is 0 Å². The number of likely N-dealkylation sites (tertiary alicyclic amines) is 1. The van der Waals surface area contributed by atoms with Crippen LogP contribution in [0.1, 0.15) is 34.1 Å². The van der Waals surface area contributed by atoms with Gasteiger partial charge < -0.3 is 10.0 Å². The molecule has 0 aromatic heterocycles. The Labute approximate surface area is 88.3 Å². The van der Waals surface area contributed by atoms with Crippen molar-refractivity contribution in [2.24, 2.45) is 17.3 Å². The number of aliphatic hydroxyl groups is 1. The minimum Gasteiger partial charge on any atom is -0.396 e. The Morgan fingerprint density at radius 2 is 2.07 bits per heavy atom. The smallest absolute Gasteiger partial charge is 0.0471 e. The van der Waals surface area contributed by atoms with Crippen LogP contribution in [0, 0.1) is 17.3 Å². The van der Waals surface area contributed by atoms with Gasteiger partial charge in [0.15, 0.2) is 0 Å². The Balaban J connectivity index is 2.39. The van der Waals surface area contributed by atoms with Crippen molar-refractivity contribution in [3.63, 3.8) is 0 Å². The third kappa shape index (κ3) is 2.96. The monoisotopic (exact) mass is 199 g/mol. The minimum atomic E-state index is 0.360. The highest BCUT2D eigenvalue weighted by Gasteiger charge is 2.29. The van der Waals surface area contributed by atoms with Gasteiger partial charge in [-0.1, -0.05) is 27.7 Å². The van der Waals surface area contributed by atoms with E-state index in [-0.39, 0.29) is 0 Å². The zero-order valence-corrected chi connectivity index (χ0v) is 10.1. The maximum atomic E-state index is 9.06. The molecular weight excluding hydrogens is 174 g/mol. The van der Waals surface area contributed by atoms with Gasteiger partial charge in [-0.15, -0.1) is 0 Å². The predicted octanol–water partition coefficient (Wildman–Crippen LogP) is 1.98. The van der Waals surface area contributed by atoms with E-state index in [1.165, 1.54) is 19.5 Å². The highest BCUT2D eigenvalue weighted by atomic mass is 16.3. The van der Waals surface area contributed by atoms with Gasteiger partial charge in [-0.05, 0) is 30.2 Å². The second kappa shape index (κ2) is 4.63. The molecule has 1 rings (SSSR count). The molecule has 1 unspecified atom stereocenters. The first-order valence-corrected chi connectivity index (χ1v) is 5.79. The lowest BCUT2D eigenvalue weighted by atomic mass is 9.81. The second-order valence-corrected chi connectivity index (χ2v) is 5.72. The van der Waals surface area contributed by atoms with E-state index in [0.29, 0.717) is 17.9 Å². The fourth-order valence-corrected chi connectivity index (χ4v) is 1.96. The van der Waals surface area contributed by atoms with E-state index in [1.54, 1.807) is 0 Å². The van der Waals surface area contributed by atoms with Crippen LogP contribution in [0.25, 0.3) is 0 Å². The molecule has 0 spiro atoms. The molecule has 1 fully saturated rings. The molecule has 0 aromatic rings. The third-order valence-corrected chi connectivity index (χ3v) is 3.82. The predicted molar refractivity (Wildman–Crippen MR) is 60.3 cm³/mol. The number of rotatable bonds is 4. The topological polar surface area (TPSA) is 23.5 Å². The first-order valence-electron chi connectivity index (χ1n) is 5.79. The lowest BCUT2D eigenvalue weighted by Crippen LogP contribution is -2.36. The average Bonchev–Trinajstić information content (AvgIpc) is 2.51. The molecule has 14 heavy (non-hydrogen) atoms. The Hall–Kier alpha value is -0.0800. The van der Waals surface area contributed by atoms with Crippen LogP contribution in [0.5, 0.6) is 0 Å². The van der Waals surface area contributed by atoms with Crippen LogP contribution in [-0.4, -0.2) is 36.2 Å². The van der Waals surface area contributed by atoms with Crippen LogP contribution >= 0.6 is 0 Å². The summed E-state index contributed by atoms with van der Waals surface area (Å²) in [6.45, 7) is 13.0. The number of hydrogen-bond donors (Lipinski definition) is 1. The second-order valence-electron chi connectivity index (χ2n) is 5.72. The number of aliphatic hydroxyl groups excluding tert-OH is 1. The Morgan fingerprint density at radius 3 is 2.50 bits per heavy atom. The average molecular weight is 199 g/mol. The van der Waals surface area contributed by atoms with Crippen LogP contribution in [0.4, 0.5) is 0 Å². The highest BCUT2D eigenvalue weighted by molar-refractivity contribution is 4.82. The number of nitrogens with zero attached hydrogens (tertiary/aromatic N) is 1. The zero-order valence-electron chi connectivity index (χ0n) is 10.1. The van der Waals surface area contributed by atoms with Crippen molar-refractivity contribution in [3.05, 3.63) is 0 Å². The Kier molecular flexibility index (Phi) is 3.96. The molecule has 1 heterocycles. The van der Waals surface area contributed by atoms with Gasteiger partial charge in [0.2, 0.25) is 0 Å². The van der Waals surface area contributed by atoms with E-state index in [4.69, 9.17) is 5.11 Å². The summed E-state index contributed by atoms with van der Waals surface area (Å²) in [5, 5.41) is 9.06. The minimum absolute atomic E-state index is 0.360. The van der Waals surface area contributed by atoms with Crippen LogP contribution in [-0.2, 0) is 0 Å². The van der Waals surface area contributed by atoms with Crippen molar-refractivity contribution in [1.29, 1.82) is 0 Å². The van der Waals surface area contributed by atoms with Gasteiger partial charge in [0.25, 0.3) is 0 Å². The summed E-state index contributed by atoms with van der Waals surface area (Å²) in [6.07, 6.45) is 1.17. The van der Waals surface area contributed by atoms with Crippen molar-refractivity contribution in [2.45, 2.75) is 34.1 Å². The first kappa shape index (κ1) is 12.0. The Bertz CT molecular complexity index is 177. The lowest BCUT2D eigenvalue weighted by Gasteiger charge is -2.33. The molecule has 84 valence electrons. The Morgan fingerprint density at radius 1 is 1.43 bits per heavy atom. The summed E-state index contributed by atoms with van der Waals surface area (Å²) in [5.41, 5.74) is 0.393. The molecule has 0 bridgehead atoms. The molecule has 2 nitrogen and oxygen atoms in total. The molecule has 0 radical (unpaired) electrons. The standard InChI is InChI=1S/C12H25NO/c1-10(2)12(3,4)9-13-6-5-11(7-13)8-14/h10-11,14H,5-9H2,1-4H3. The van der Waals surface area contributed by atoms with Crippen LogP contribution in [0.15, 0.2) is 0 Å². The molecule has 1 aliphatic heterocycles. The summed E-state index contributed by atoms with van der Waals surface area (Å²) >= 11 is 0. The van der Waals surface area contributed by atoms with E-state index in [2.05, 4.69) is 32.6 Å². The molecular formula is C12H25NO. The van der Waals surface area contributed by atoms with E-state index >= 15 is 0 Å². The quantitative estimate of drug-likeness (QED) is 0.748. The van der Waals surface area contributed by atoms with Crippen molar-refractivity contribution in [2.75, 3.05) is 26.2 Å². The summed E-state index contributed by atoms with van der Waals surface area (Å²) < 4.78 is 0. The van der Waals surface area contributed by atoms with E-state index in [1.807, 2.05) is 0 Å². The van der Waals surface area contributed by atoms with E-state index in [9.17, 15) is 0 Å². The molecule has 1 saturated heterocycles. The maximum Gasteiger partial charge on any atom is 0.0471 e. The van der Waals surface area contributed by atoms with Gasteiger partial charge in [0, 0.05) is 19.7 Å². The molecule has 1 N–H and O–H groups in total. The van der Waals surface area contributed by atoms with Gasteiger partial charge in [-0.25, -0.2) is 0 Å². The molecule has 2 heteroatoms. The molecule has 0 aromatic carbocycles. The maximum absolute atomic E-state index is 9.06. The van der Waals surface area contributed by atoms with Gasteiger partial charge in [-0.2, -0.15) is 0 Å². The van der Waals surface area contributed by atoms with Gasteiger partial charge in [0.1, 0.15) is 0 Å². The summed E-state index contributed by atoms with van der Waals surface area (Å²) in [7, 11) is 0. The molecule has 1 atom stereocenters. The fraction of sp³-hybridized carbons (Fsp3) is 1.00. The van der Waals surface area contributed by atoms with Crippen LogP contribution < -0.4 is 0 Å². The normalized spacial score (nSPS) is 24.9. The summed E-state index contributed by atoms with van der Waals surface area (Å²) in [4.78, 5) is 2.50. The van der Waals surface area contributed by atoms with E-state index < -0.39 is 0 Å².